The Bertz CT molecular complexity index is 662. The van der Waals surface area contributed by atoms with Crippen molar-refractivity contribution < 1.29 is 14.3 Å². The van der Waals surface area contributed by atoms with Gasteiger partial charge in [-0.3, -0.25) is 0 Å². The van der Waals surface area contributed by atoms with Crippen LogP contribution in [0.4, 0.5) is 4.39 Å². The molecule has 1 fully saturated rings. The minimum absolute atomic E-state index is 0.225. The second kappa shape index (κ2) is 5.14. The summed E-state index contributed by atoms with van der Waals surface area (Å²) in [6.45, 7) is 0. The minimum atomic E-state index is -0.963. The van der Waals surface area contributed by atoms with Gasteiger partial charge in [0.25, 0.3) is 0 Å². The highest BCUT2D eigenvalue weighted by Crippen LogP contribution is 2.43. The molecule has 1 aromatic carbocycles. The maximum absolute atomic E-state index is 13.7. The Morgan fingerprint density at radius 1 is 1.50 bits per heavy atom. The first-order valence-corrected chi connectivity index (χ1v) is 7.41. The number of aromatic carboxylic acids is 1. The lowest BCUT2D eigenvalue weighted by atomic mass is 10.1. The molecule has 1 N–H and O–H groups in total. The Kier molecular flexibility index (Phi) is 3.48. The van der Waals surface area contributed by atoms with Crippen LogP contribution in [0.5, 0.6) is 0 Å². The normalized spacial score (nSPS) is 14.5. The molecule has 1 aliphatic rings. The zero-order valence-corrected chi connectivity index (χ0v) is 12.0. The summed E-state index contributed by atoms with van der Waals surface area (Å²) in [5, 5.41) is 10.1. The Labute approximate surface area is 124 Å². The molecule has 0 unspecified atom stereocenters. The van der Waals surface area contributed by atoms with Crippen LogP contribution in [0.2, 0.25) is 5.02 Å². The van der Waals surface area contributed by atoms with Crippen LogP contribution in [0, 0.1) is 5.82 Å². The molecule has 0 bridgehead atoms. The summed E-state index contributed by atoms with van der Waals surface area (Å²) in [6.07, 6.45) is 2.18. The van der Waals surface area contributed by atoms with Crippen LogP contribution in [0.1, 0.15) is 44.7 Å². The highest BCUT2D eigenvalue weighted by atomic mass is 35.5. The molecule has 0 saturated heterocycles. The van der Waals surface area contributed by atoms with Gasteiger partial charge in [0.05, 0.1) is 10.7 Å². The highest BCUT2D eigenvalue weighted by molar-refractivity contribution is 7.13. The average Bonchev–Trinajstić information content (AvgIpc) is 3.15. The molecule has 104 valence electrons. The van der Waals surface area contributed by atoms with E-state index in [0.29, 0.717) is 21.3 Å². The van der Waals surface area contributed by atoms with Crippen molar-refractivity contribution in [2.75, 3.05) is 0 Å². The predicted octanol–water partition coefficient (Wildman–Crippen LogP) is 4.10. The number of nitrogens with zero attached hydrogens (tertiary/aromatic N) is 1. The summed E-state index contributed by atoms with van der Waals surface area (Å²) in [5.74, 6) is -1.10. The summed E-state index contributed by atoms with van der Waals surface area (Å²) in [7, 11) is 0. The minimum Gasteiger partial charge on any atom is -0.477 e. The van der Waals surface area contributed by atoms with Crippen molar-refractivity contribution in [1.82, 2.24) is 4.98 Å². The third kappa shape index (κ3) is 2.55. The first-order chi connectivity index (χ1) is 9.56. The predicted molar refractivity (Wildman–Crippen MR) is 75.3 cm³/mol. The lowest BCUT2D eigenvalue weighted by Gasteiger charge is -2.02. The molecule has 0 amide bonds. The van der Waals surface area contributed by atoms with Gasteiger partial charge >= 0.3 is 5.97 Å². The number of rotatable bonds is 4. The van der Waals surface area contributed by atoms with Crippen molar-refractivity contribution in [3.05, 3.63) is 50.2 Å². The maximum atomic E-state index is 13.7. The summed E-state index contributed by atoms with van der Waals surface area (Å²) in [6, 6.07) is 4.50. The molecule has 6 heteroatoms. The van der Waals surface area contributed by atoms with E-state index in [4.69, 9.17) is 11.6 Å². The van der Waals surface area contributed by atoms with Gasteiger partial charge in [-0.15, -0.1) is 11.3 Å². The average molecular weight is 312 g/mol. The van der Waals surface area contributed by atoms with Crippen LogP contribution in [-0.2, 0) is 6.42 Å². The molecule has 0 atom stereocenters. The number of aromatic nitrogens is 1. The van der Waals surface area contributed by atoms with E-state index in [2.05, 4.69) is 4.98 Å². The number of carboxylic acid groups (broad SMARTS) is 1. The quantitative estimate of drug-likeness (QED) is 0.924. The monoisotopic (exact) mass is 311 g/mol. The lowest BCUT2D eigenvalue weighted by molar-refractivity contribution is 0.0700. The Balaban J connectivity index is 1.95. The lowest BCUT2D eigenvalue weighted by Crippen LogP contribution is -1.97. The molecule has 1 saturated carbocycles. The molecular formula is C14H11ClFNO2S. The molecule has 0 spiro atoms. The zero-order chi connectivity index (χ0) is 14.3. The summed E-state index contributed by atoms with van der Waals surface area (Å²) >= 11 is 7.10. The first kappa shape index (κ1) is 13.5. The van der Waals surface area contributed by atoms with Gasteiger partial charge in [0.1, 0.15) is 10.7 Å². The molecular weight excluding hydrogens is 301 g/mol. The molecule has 3 rings (SSSR count). The van der Waals surface area contributed by atoms with Crippen LogP contribution in [0.25, 0.3) is 0 Å². The van der Waals surface area contributed by atoms with Crippen molar-refractivity contribution in [3.63, 3.8) is 0 Å². The number of benzene rings is 1. The van der Waals surface area contributed by atoms with Crippen molar-refractivity contribution in [2.24, 2.45) is 0 Å². The van der Waals surface area contributed by atoms with Gasteiger partial charge < -0.3 is 5.11 Å². The van der Waals surface area contributed by atoms with Crippen molar-refractivity contribution >= 4 is 28.9 Å². The fraction of sp³-hybridized carbons (Fsp3) is 0.286. The Hall–Kier alpha value is -1.46. The number of hydrogen-bond acceptors (Lipinski definition) is 3. The number of hydrogen-bond donors (Lipinski definition) is 1. The fourth-order valence-corrected chi connectivity index (χ4v) is 3.32. The summed E-state index contributed by atoms with van der Waals surface area (Å²) in [5.41, 5.74) is 1.01. The zero-order valence-electron chi connectivity index (χ0n) is 10.4. The van der Waals surface area contributed by atoms with Crippen LogP contribution >= 0.6 is 22.9 Å². The van der Waals surface area contributed by atoms with E-state index in [1.54, 1.807) is 12.1 Å². The van der Waals surface area contributed by atoms with Crippen molar-refractivity contribution in [3.8, 4) is 0 Å². The maximum Gasteiger partial charge on any atom is 0.347 e. The molecule has 0 radical (unpaired) electrons. The number of carboxylic acids is 1. The fourth-order valence-electron chi connectivity index (χ4n) is 2.09. The van der Waals surface area contributed by atoms with E-state index in [-0.39, 0.29) is 17.2 Å². The van der Waals surface area contributed by atoms with Gasteiger partial charge in [-0.05, 0) is 25.0 Å². The van der Waals surface area contributed by atoms with E-state index in [1.165, 1.54) is 6.07 Å². The SMILES string of the molecule is O=C(O)c1sc(Cc2c(F)cccc2Cl)nc1C1CC1. The second-order valence-electron chi connectivity index (χ2n) is 4.78. The standard InChI is InChI=1S/C14H11ClFNO2S/c15-9-2-1-3-10(16)8(9)6-11-17-12(7-4-5-7)13(20-11)14(18)19/h1-3,7H,4-6H2,(H,18,19). The van der Waals surface area contributed by atoms with Crippen molar-refractivity contribution in [1.29, 1.82) is 0 Å². The largest absolute Gasteiger partial charge is 0.477 e. The number of carbonyl (C=O) groups is 1. The smallest absolute Gasteiger partial charge is 0.347 e. The second-order valence-corrected chi connectivity index (χ2v) is 6.27. The first-order valence-electron chi connectivity index (χ1n) is 6.22. The molecule has 1 heterocycles. The third-order valence-electron chi connectivity index (χ3n) is 3.25. The van der Waals surface area contributed by atoms with Crippen LogP contribution in [0.3, 0.4) is 0 Å². The molecule has 20 heavy (non-hydrogen) atoms. The molecule has 0 aliphatic heterocycles. The van der Waals surface area contributed by atoms with Gasteiger partial charge in [-0.1, -0.05) is 17.7 Å². The third-order valence-corrected chi connectivity index (χ3v) is 4.66. The van der Waals surface area contributed by atoms with Crippen LogP contribution < -0.4 is 0 Å². The molecule has 1 aromatic heterocycles. The topological polar surface area (TPSA) is 50.2 Å². The number of thiazole rings is 1. The molecule has 3 nitrogen and oxygen atoms in total. The van der Waals surface area contributed by atoms with E-state index < -0.39 is 11.8 Å². The van der Waals surface area contributed by atoms with Crippen LogP contribution in [-0.4, -0.2) is 16.1 Å². The molecule has 2 aromatic rings. The van der Waals surface area contributed by atoms with Gasteiger partial charge in [-0.25, -0.2) is 14.2 Å². The van der Waals surface area contributed by atoms with Gasteiger partial charge in [0, 0.05) is 22.9 Å². The highest BCUT2D eigenvalue weighted by Gasteiger charge is 2.32. The summed E-state index contributed by atoms with van der Waals surface area (Å²) in [4.78, 5) is 15.9. The summed E-state index contributed by atoms with van der Waals surface area (Å²) < 4.78 is 13.7. The van der Waals surface area contributed by atoms with Gasteiger partial charge in [0.15, 0.2) is 0 Å². The van der Waals surface area contributed by atoms with Gasteiger partial charge in [-0.2, -0.15) is 0 Å². The van der Waals surface area contributed by atoms with Crippen molar-refractivity contribution in [2.45, 2.75) is 25.2 Å². The Morgan fingerprint density at radius 2 is 2.25 bits per heavy atom. The molecule has 1 aliphatic carbocycles. The number of halogens is 2. The van der Waals surface area contributed by atoms with E-state index in [0.717, 1.165) is 24.2 Å². The van der Waals surface area contributed by atoms with Crippen LogP contribution in [0.15, 0.2) is 18.2 Å². The van der Waals surface area contributed by atoms with E-state index in [1.807, 2.05) is 0 Å². The van der Waals surface area contributed by atoms with E-state index >= 15 is 0 Å². The van der Waals surface area contributed by atoms with Gasteiger partial charge in [0.2, 0.25) is 0 Å². The van der Waals surface area contributed by atoms with E-state index in [9.17, 15) is 14.3 Å². The Morgan fingerprint density at radius 3 is 2.85 bits per heavy atom.